The summed E-state index contributed by atoms with van der Waals surface area (Å²) >= 11 is 12.0. The van der Waals surface area contributed by atoms with E-state index in [0.717, 1.165) is 6.42 Å². The first-order valence-corrected chi connectivity index (χ1v) is 9.62. The van der Waals surface area contributed by atoms with Crippen molar-refractivity contribution in [1.29, 1.82) is 0 Å². The van der Waals surface area contributed by atoms with E-state index in [1.807, 2.05) is 27.7 Å². The van der Waals surface area contributed by atoms with E-state index in [9.17, 15) is 13.2 Å². The standard InChI is InChI=1S/C15H22Cl2N2O3S/c1-5-10(4)19-15(20)11-6-14(13(17)7-12(11)16)23(21,22)18-8-9(2)3/h6-7,9-10,18H,5,8H2,1-4H3,(H,19,20). The van der Waals surface area contributed by atoms with E-state index in [2.05, 4.69) is 10.0 Å². The van der Waals surface area contributed by atoms with Crippen LogP contribution in [0.1, 0.15) is 44.5 Å². The predicted molar refractivity (Wildman–Crippen MR) is 93.7 cm³/mol. The van der Waals surface area contributed by atoms with Crippen LogP contribution in [-0.4, -0.2) is 26.9 Å². The van der Waals surface area contributed by atoms with Crippen molar-refractivity contribution in [1.82, 2.24) is 10.0 Å². The molecule has 0 saturated carbocycles. The van der Waals surface area contributed by atoms with Crippen molar-refractivity contribution in [3.63, 3.8) is 0 Å². The Kier molecular flexibility index (Phi) is 7.32. The number of carbonyl (C=O) groups excluding carboxylic acids is 1. The SMILES string of the molecule is CCC(C)NC(=O)c1cc(S(=O)(=O)NCC(C)C)c(Cl)cc1Cl. The summed E-state index contributed by atoms with van der Waals surface area (Å²) in [6.07, 6.45) is 0.748. The van der Waals surface area contributed by atoms with E-state index >= 15 is 0 Å². The Labute approximate surface area is 147 Å². The quantitative estimate of drug-likeness (QED) is 0.760. The fourth-order valence-electron chi connectivity index (χ4n) is 1.67. The van der Waals surface area contributed by atoms with Gasteiger partial charge in [-0.15, -0.1) is 0 Å². The molecule has 0 bridgehead atoms. The zero-order chi connectivity index (χ0) is 17.8. The smallest absolute Gasteiger partial charge is 0.253 e. The highest BCUT2D eigenvalue weighted by atomic mass is 35.5. The van der Waals surface area contributed by atoms with Gasteiger partial charge in [-0.3, -0.25) is 4.79 Å². The molecule has 0 aliphatic heterocycles. The van der Waals surface area contributed by atoms with Crippen LogP contribution in [0, 0.1) is 5.92 Å². The highest BCUT2D eigenvalue weighted by molar-refractivity contribution is 7.89. The van der Waals surface area contributed by atoms with Crippen LogP contribution in [-0.2, 0) is 10.0 Å². The maximum Gasteiger partial charge on any atom is 0.253 e. The number of hydrogen-bond donors (Lipinski definition) is 2. The van der Waals surface area contributed by atoms with Gasteiger partial charge in [-0.25, -0.2) is 13.1 Å². The van der Waals surface area contributed by atoms with Crippen molar-refractivity contribution in [3.8, 4) is 0 Å². The van der Waals surface area contributed by atoms with Crippen LogP contribution in [0.4, 0.5) is 0 Å². The molecule has 8 heteroatoms. The second-order valence-electron chi connectivity index (χ2n) is 5.79. The summed E-state index contributed by atoms with van der Waals surface area (Å²) in [6.45, 7) is 7.83. The molecule has 0 saturated heterocycles. The fourth-order valence-corrected chi connectivity index (χ4v) is 3.74. The molecule has 1 rings (SSSR count). The average molecular weight is 381 g/mol. The molecule has 2 N–H and O–H groups in total. The number of nitrogens with one attached hydrogen (secondary N) is 2. The summed E-state index contributed by atoms with van der Waals surface area (Å²) < 4.78 is 27.2. The first-order chi connectivity index (χ1) is 10.6. The van der Waals surface area contributed by atoms with Gasteiger partial charge < -0.3 is 5.32 Å². The van der Waals surface area contributed by atoms with Gasteiger partial charge in [0.2, 0.25) is 10.0 Å². The summed E-state index contributed by atoms with van der Waals surface area (Å²) in [5.41, 5.74) is 0.0845. The number of carbonyl (C=O) groups is 1. The van der Waals surface area contributed by atoms with Gasteiger partial charge in [0, 0.05) is 12.6 Å². The normalized spacial score (nSPS) is 13.2. The monoisotopic (exact) mass is 380 g/mol. The molecule has 1 atom stereocenters. The van der Waals surface area contributed by atoms with E-state index in [1.165, 1.54) is 12.1 Å². The summed E-state index contributed by atoms with van der Waals surface area (Å²) in [5, 5.41) is 2.84. The molecule has 1 amide bonds. The lowest BCUT2D eigenvalue weighted by molar-refractivity contribution is 0.0939. The zero-order valence-electron chi connectivity index (χ0n) is 13.6. The van der Waals surface area contributed by atoms with Gasteiger partial charge in [0.1, 0.15) is 4.90 Å². The second kappa shape index (κ2) is 8.33. The lowest BCUT2D eigenvalue weighted by Crippen LogP contribution is -2.32. The fraction of sp³-hybridized carbons (Fsp3) is 0.533. The van der Waals surface area contributed by atoms with Crippen LogP contribution >= 0.6 is 23.2 Å². The summed E-state index contributed by atoms with van der Waals surface area (Å²) in [5.74, 6) is -0.287. The van der Waals surface area contributed by atoms with E-state index in [1.54, 1.807) is 0 Å². The van der Waals surface area contributed by atoms with Gasteiger partial charge in [0.05, 0.1) is 15.6 Å². The lowest BCUT2D eigenvalue weighted by Gasteiger charge is -2.15. The Morgan fingerprint density at radius 2 is 1.78 bits per heavy atom. The molecule has 23 heavy (non-hydrogen) atoms. The van der Waals surface area contributed by atoms with E-state index in [0.29, 0.717) is 0 Å². The third-order valence-corrected chi connectivity index (χ3v) is 5.43. The van der Waals surface area contributed by atoms with Gasteiger partial charge in [-0.1, -0.05) is 44.0 Å². The molecule has 1 unspecified atom stereocenters. The summed E-state index contributed by atoms with van der Waals surface area (Å²) in [4.78, 5) is 12.1. The maximum absolute atomic E-state index is 12.4. The summed E-state index contributed by atoms with van der Waals surface area (Å²) in [6, 6.07) is 2.44. The van der Waals surface area contributed by atoms with Crippen molar-refractivity contribution in [3.05, 3.63) is 27.7 Å². The molecular weight excluding hydrogens is 359 g/mol. The molecule has 0 spiro atoms. The number of sulfonamides is 1. The molecule has 0 fully saturated rings. The van der Waals surface area contributed by atoms with Gasteiger partial charge in [-0.2, -0.15) is 0 Å². The van der Waals surface area contributed by atoms with Gasteiger partial charge >= 0.3 is 0 Å². The largest absolute Gasteiger partial charge is 0.350 e. The van der Waals surface area contributed by atoms with Crippen LogP contribution in [0.3, 0.4) is 0 Å². The van der Waals surface area contributed by atoms with Gasteiger partial charge in [0.25, 0.3) is 5.91 Å². The first kappa shape index (κ1) is 20.2. The number of halogens is 2. The highest BCUT2D eigenvalue weighted by Gasteiger charge is 2.23. The Hall–Kier alpha value is -0.820. The van der Waals surface area contributed by atoms with Crippen LogP contribution in [0.15, 0.2) is 17.0 Å². The van der Waals surface area contributed by atoms with Crippen LogP contribution in [0.2, 0.25) is 10.0 Å². The number of amides is 1. The van der Waals surface area contributed by atoms with E-state index in [4.69, 9.17) is 23.2 Å². The van der Waals surface area contributed by atoms with Gasteiger partial charge in [-0.05, 0) is 31.4 Å². The number of hydrogen-bond acceptors (Lipinski definition) is 3. The molecule has 0 aromatic heterocycles. The van der Waals surface area contributed by atoms with Crippen LogP contribution in [0.25, 0.3) is 0 Å². The van der Waals surface area contributed by atoms with Crippen molar-refractivity contribution in [2.45, 2.75) is 45.1 Å². The summed E-state index contributed by atoms with van der Waals surface area (Å²) in [7, 11) is -3.81. The Morgan fingerprint density at radius 3 is 2.30 bits per heavy atom. The molecule has 0 aliphatic carbocycles. The van der Waals surface area contributed by atoms with E-state index in [-0.39, 0.29) is 39.0 Å². The lowest BCUT2D eigenvalue weighted by atomic mass is 10.2. The molecular formula is C15H22Cl2N2O3S. The minimum absolute atomic E-state index is 0.0219. The Morgan fingerprint density at radius 1 is 1.17 bits per heavy atom. The van der Waals surface area contributed by atoms with Crippen molar-refractivity contribution in [2.24, 2.45) is 5.92 Å². The van der Waals surface area contributed by atoms with Gasteiger partial charge in [0.15, 0.2) is 0 Å². The van der Waals surface area contributed by atoms with Crippen molar-refractivity contribution in [2.75, 3.05) is 6.54 Å². The molecule has 1 aromatic carbocycles. The Balaban J connectivity index is 3.21. The average Bonchev–Trinajstić information content (AvgIpc) is 2.44. The van der Waals surface area contributed by atoms with Crippen LogP contribution < -0.4 is 10.0 Å². The van der Waals surface area contributed by atoms with Crippen molar-refractivity contribution >= 4 is 39.1 Å². The molecule has 5 nitrogen and oxygen atoms in total. The molecule has 130 valence electrons. The predicted octanol–water partition coefficient (Wildman–Crippen LogP) is 3.46. The molecule has 0 radical (unpaired) electrons. The Bertz CT molecular complexity index is 676. The van der Waals surface area contributed by atoms with Crippen LogP contribution in [0.5, 0.6) is 0 Å². The topological polar surface area (TPSA) is 75.3 Å². The number of benzene rings is 1. The first-order valence-electron chi connectivity index (χ1n) is 7.38. The highest BCUT2D eigenvalue weighted by Crippen LogP contribution is 2.28. The third kappa shape index (κ3) is 5.64. The molecule has 0 heterocycles. The number of rotatable bonds is 7. The minimum atomic E-state index is -3.81. The molecule has 1 aromatic rings. The minimum Gasteiger partial charge on any atom is -0.350 e. The van der Waals surface area contributed by atoms with Crippen molar-refractivity contribution < 1.29 is 13.2 Å². The maximum atomic E-state index is 12.4. The second-order valence-corrected chi connectivity index (χ2v) is 8.34. The molecule has 0 aliphatic rings. The zero-order valence-corrected chi connectivity index (χ0v) is 15.9. The third-order valence-electron chi connectivity index (χ3n) is 3.23. The van der Waals surface area contributed by atoms with E-state index < -0.39 is 15.9 Å².